The highest BCUT2D eigenvalue weighted by Gasteiger charge is 2.47. The Balaban J connectivity index is 2.57. The van der Waals surface area contributed by atoms with Gasteiger partial charge in [0.15, 0.2) is 0 Å². The Morgan fingerprint density at radius 1 is 1.39 bits per heavy atom. The molecule has 1 aliphatic heterocycles. The Morgan fingerprint density at radius 2 is 2.00 bits per heavy atom. The summed E-state index contributed by atoms with van der Waals surface area (Å²) < 4.78 is 10.1. The van der Waals surface area contributed by atoms with Crippen LogP contribution in [0.15, 0.2) is 0 Å². The second-order valence-electron chi connectivity index (χ2n) is 5.24. The van der Waals surface area contributed by atoms with Gasteiger partial charge in [-0.15, -0.1) is 0 Å². The minimum absolute atomic E-state index is 0.235. The fraction of sp³-hybridized carbons (Fsp3) is 0.833. The summed E-state index contributed by atoms with van der Waals surface area (Å²) in [5.74, 6) is -0.834. The molecule has 2 unspecified atom stereocenters. The Labute approximate surface area is 107 Å². The minimum Gasteiger partial charge on any atom is -0.466 e. The van der Waals surface area contributed by atoms with Gasteiger partial charge < -0.3 is 19.5 Å². The zero-order valence-corrected chi connectivity index (χ0v) is 11.3. The van der Waals surface area contributed by atoms with Crippen LogP contribution >= 0.6 is 0 Å². The lowest BCUT2D eigenvalue weighted by Gasteiger charge is -2.45. The van der Waals surface area contributed by atoms with Crippen molar-refractivity contribution in [1.29, 1.82) is 0 Å². The molecule has 6 nitrogen and oxygen atoms in total. The molecule has 0 radical (unpaired) electrons. The molecule has 0 bridgehead atoms. The number of carbonyl (C=O) groups excluding carboxylic acids is 2. The van der Waals surface area contributed by atoms with Gasteiger partial charge in [0.1, 0.15) is 5.60 Å². The Hall–Kier alpha value is -1.30. The predicted molar refractivity (Wildman–Crippen MR) is 63.9 cm³/mol. The molecule has 1 amide bonds. The zero-order valence-electron chi connectivity index (χ0n) is 11.3. The number of hydrogen-bond donors (Lipinski definition) is 1. The number of carbonyl (C=O) groups is 2. The average molecular weight is 259 g/mol. The minimum atomic E-state index is -0.591. The summed E-state index contributed by atoms with van der Waals surface area (Å²) in [5, 5.41) is 9.23. The van der Waals surface area contributed by atoms with Crippen molar-refractivity contribution in [3.8, 4) is 0 Å². The van der Waals surface area contributed by atoms with E-state index in [0.29, 0.717) is 6.61 Å². The number of rotatable bonds is 3. The number of aliphatic hydroxyl groups is 1. The van der Waals surface area contributed by atoms with E-state index in [1.54, 1.807) is 27.7 Å². The molecule has 18 heavy (non-hydrogen) atoms. The van der Waals surface area contributed by atoms with Crippen molar-refractivity contribution in [2.24, 2.45) is 5.92 Å². The first-order valence-corrected chi connectivity index (χ1v) is 6.07. The monoisotopic (exact) mass is 259 g/mol. The second kappa shape index (κ2) is 5.56. The number of hydrogen-bond acceptors (Lipinski definition) is 5. The molecule has 1 aliphatic rings. The number of ether oxygens (including phenoxy) is 2. The summed E-state index contributed by atoms with van der Waals surface area (Å²) in [6.07, 6.45) is -0.512. The van der Waals surface area contributed by atoms with E-state index in [1.165, 1.54) is 4.90 Å². The maximum atomic E-state index is 11.8. The predicted octanol–water partition coefficient (Wildman–Crippen LogP) is 0.777. The quantitative estimate of drug-likeness (QED) is 0.758. The van der Waals surface area contributed by atoms with Crippen LogP contribution in [-0.2, 0) is 14.3 Å². The Morgan fingerprint density at radius 3 is 2.44 bits per heavy atom. The smallest absolute Gasteiger partial charge is 0.410 e. The van der Waals surface area contributed by atoms with Crippen molar-refractivity contribution < 1.29 is 24.2 Å². The molecule has 0 saturated carbocycles. The second-order valence-corrected chi connectivity index (χ2v) is 5.24. The van der Waals surface area contributed by atoms with E-state index >= 15 is 0 Å². The molecule has 1 heterocycles. The molecule has 6 heteroatoms. The fourth-order valence-corrected chi connectivity index (χ4v) is 1.79. The van der Waals surface area contributed by atoms with Crippen LogP contribution in [0.2, 0.25) is 0 Å². The molecule has 2 atom stereocenters. The van der Waals surface area contributed by atoms with Crippen molar-refractivity contribution in [2.75, 3.05) is 19.8 Å². The van der Waals surface area contributed by atoms with E-state index in [9.17, 15) is 14.7 Å². The summed E-state index contributed by atoms with van der Waals surface area (Å²) >= 11 is 0. The lowest BCUT2D eigenvalue weighted by atomic mass is 9.89. The van der Waals surface area contributed by atoms with Gasteiger partial charge >= 0.3 is 12.1 Å². The van der Waals surface area contributed by atoms with Gasteiger partial charge in [-0.25, -0.2) is 4.79 Å². The molecule has 0 aliphatic carbocycles. The molecule has 1 N–H and O–H groups in total. The van der Waals surface area contributed by atoms with Gasteiger partial charge in [0, 0.05) is 6.54 Å². The maximum absolute atomic E-state index is 11.8. The van der Waals surface area contributed by atoms with Crippen molar-refractivity contribution in [1.82, 2.24) is 4.90 Å². The fourth-order valence-electron chi connectivity index (χ4n) is 1.79. The molecule has 0 spiro atoms. The third-order valence-corrected chi connectivity index (χ3v) is 2.66. The van der Waals surface area contributed by atoms with Crippen LogP contribution in [0.25, 0.3) is 0 Å². The topological polar surface area (TPSA) is 76.1 Å². The van der Waals surface area contributed by atoms with Crippen molar-refractivity contribution >= 4 is 12.1 Å². The van der Waals surface area contributed by atoms with Crippen molar-refractivity contribution in [2.45, 2.75) is 39.3 Å². The molecule has 104 valence electrons. The molecular formula is C12H21NO5. The van der Waals surface area contributed by atoms with Gasteiger partial charge in [-0.05, 0) is 27.7 Å². The summed E-state index contributed by atoms with van der Waals surface area (Å²) in [7, 11) is 0. The van der Waals surface area contributed by atoms with E-state index < -0.39 is 23.7 Å². The average Bonchev–Trinajstić information content (AvgIpc) is 2.13. The number of aliphatic hydroxyl groups excluding tert-OH is 1. The summed E-state index contributed by atoms with van der Waals surface area (Å²) in [6.45, 7) is 7.27. The first-order valence-electron chi connectivity index (χ1n) is 6.07. The van der Waals surface area contributed by atoms with E-state index in [2.05, 4.69) is 0 Å². The molecule has 0 aromatic heterocycles. The molecule has 0 aromatic rings. The van der Waals surface area contributed by atoms with Crippen molar-refractivity contribution in [3.63, 3.8) is 0 Å². The van der Waals surface area contributed by atoms with Crippen LogP contribution in [0, 0.1) is 5.92 Å². The van der Waals surface area contributed by atoms with Gasteiger partial charge in [-0.1, -0.05) is 0 Å². The summed E-state index contributed by atoms with van der Waals surface area (Å²) in [6, 6.07) is -0.543. The molecule has 0 aromatic carbocycles. The maximum Gasteiger partial charge on any atom is 0.410 e. The van der Waals surface area contributed by atoms with E-state index in [-0.39, 0.29) is 19.1 Å². The van der Waals surface area contributed by atoms with Crippen LogP contribution in [0.1, 0.15) is 27.7 Å². The first kappa shape index (κ1) is 14.8. The summed E-state index contributed by atoms with van der Waals surface area (Å²) in [5.41, 5.74) is -0.591. The standard InChI is InChI=1S/C12H21NO5/c1-5-17-10(15)8-6-13(9(8)7-14)11(16)18-12(2,3)4/h8-9,14H,5-7H2,1-4H3. The lowest BCUT2D eigenvalue weighted by Crippen LogP contribution is -2.63. The Bertz CT molecular complexity index is 323. The van der Waals surface area contributed by atoms with Crippen molar-refractivity contribution in [3.05, 3.63) is 0 Å². The van der Waals surface area contributed by atoms with Gasteiger partial charge in [-0.3, -0.25) is 4.79 Å². The highest BCUT2D eigenvalue weighted by Crippen LogP contribution is 2.27. The number of likely N-dealkylation sites (tertiary alicyclic amines) is 1. The van der Waals surface area contributed by atoms with Crippen LogP contribution < -0.4 is 0 Å². The highest BCUT2D eigenvalue weighted by atomic mass is 16.6. The van der Waals surface area contributed by atoms with E-state index in [1.807, 2.05) is 0 Å². The number of esters is 1. The van der Waals surface area contributed by atoms with Gasteiger partial charge in [0.2, 0.25) is 0 Å². The first-order chi connectivity index (χ1) is 8.30. The largest absolute Gasteiger partial charge is 0.466 e. The normalized spacial score (nSPS) is 23.3. The highest BCUT2D eigenvalue weighted by molar-refractivity contribution is 5.79. The van der Waals surface area contributed by atoms with Gasteiger partial charge in [0.05, 0.1) is 25.2 Å². The third kappa shape index (κ3) is 3.35. The zero-order chi connectivity index (χ0) is 13.9. The van der Waals surface area contributed by atoms with Crippen LogP contribution in [0.4, 0.5) is 4.79 Å². The van der Waals surface area contributed by atoms with Crippen LogP contribution in [0.5, 0.6) is 0 Å². The van der Waals surface area contributed by atoms with Gasteiger partial charge in [0.25, 0.3) is 0 Å². The molecule has 1 saturated heterocycles. The SMILES string of the molecule is CCOC(=O)C1CN(C(=O)OC(C)(C)C)C1CO. The molecular weight excluding hydrogens is 238 g/mol. The number of amides is 1. The van der Waals surface area contributed by atoms with Crippen LogP contribution in [0.3, 0.4) is 0 Å². The summed E-state index contributed by atoms with van der Waals surface area (Å²) in [4.78, 5) is 24.7. The van der Waals surface area contributed by atoms with Gasteiger partial charge in [-0.2, -0.15) is 0 Å². The lowest BCUT2D eigenvalue weighted by molar-refractivity contribution is -0.159. The molecule has 1 rings (SSSR count). The van der Waals surface area contributed by atoms with E-state index in [0.717, 1.165) is 0 Å². The van der Waals surface area contributed by atoms with Crippen LogP contribution in [-0.4, -0.2) is 53.5 Å². The Kier molecular flexibility index (Phi) is 4.56. The molecule has 1 fully saturated rings. The van der Waals surface area contributed by atoms with E-state index in [4.69, 9.17) is 9.47 Å². The number of nitrogens with zero attached hydrogens (tertiary/aromatic N) is 1. The third-order valence-electron chi connectivity index (χ3n) is 2.66.